The number of rotatable bonds is 6. The van der Waals surface area contributed by atoms with Crippen molar-refractivity contribution < 1.29 is 0 Å². The van der Waals surface area contributed by atoms with Gasteiger partial charge in [0.05, 0.1) is 23.0 Å². The standard InChI is InChI=1S/C49H47N3/c50-30-31-5-4-8-40(19-31)41-20-42(22-44(21-41)49-27-35-16-36(28-49)18-37(17-35)29-49)47-51-45(38-6-2-1-3-7-38)23-46(52-47)39-9-11-43(12-10-39)48-24-32-13-33(25-48)15-34(14-32)26-48/h1-12,19-23,32-37H,13-18,24-29H2/t32-,33+,34-,35-,36+,37?,48?,49?. The molecule has 13 rings (SSSR count). The second-order valence-electron chi connectivity index (χ2n) is 18.3. The summed E-state index contributed by atoms with van der Waals surface area (Å²) in [7, 11) is 0. The van der Waals surface area contributed by atoms with Crippen LogP contribution in [0.1, 0.15) is 93.7 Å². The number of hydrogen-bond acceptors (Lipinski definition) is 3. The molecule has 0 saturated heterocycles. The maximum Gasteiger partial charge on any atom is 0.160 e. The zero-order chi connectivity index (χ0) is 34.4. The molecule has 3 heteroatoms. The Hall–Kier alpha value is -4.55. The van der Waals surface area contributed by atoms with Crippen molar-refractivity contribution in [3.05, 3.63) is 120 Å². The van der Waals surface area contributed by atoms with Gasteiger partial charge in [0.1, 0.15) is 0 Å². The number of aromatic nitrogens is 2. The number of nitrogens with zero attached hydrogens (tertiary/aromatic N) is 3. The highest BCUT2D eigenvalue weighted by atomic mass is 14.9. The fourth-order valence-corrected chi connectivity index (χ4v) is 13.4. The molecule has 258 valence electrons. The normalized spacial score (nSPS) is 32.2. The van der Waals surface area contributed by atoms with Gasteiger partial charge in [-0.15, -0.1) is 0 Å². The summed E-state index contributed by atoms with van der Waals surface area (Å²) in [6.07, 6.45) is 16.7. The second-order valence-corrected chi connectivity index (χ2v) is 18.3. The van der Waals surface area contributed by atoms with E-state index >= 15 is 0 Å². The van der Waals surface area contributed by atoms with E-state index in [0.717, 1.165) is 80.5 Å². The van der Waals surface area contributed by atoms with Gasteiger partial charge in [0.25, 0.3) is 0 Å². The van der Waals surface area contributed by atoms with Crippen LogP contribution in [0.3, 0.4) is 0 Å². The summed E-state index contributed by atoms with van der Waals surface area (Å²) in [6.45, 7) is 0. The third-order valence-corrected chi connectivity index (χ3v) is 14.8. The fourth-order valence-electron chi connectivity index (χ4n) is 13.4. The van der Waals surface area contributed by atoms with Crippen LogP contribution in [0.15, 0.2) is 103 Å². The Labute approximate surface area is 308 Å². The van der Waals surface area contributed by atoms with Crippen molar-refractivity contribution in [1.29, 1.82) is 5.26 Å². The van der Waals surface area contributed by atoms with Crippen LogP contribution in [0.4, 0.5) is 0 Å². The zero-order valence-corrected chi connectivity index (χ0v) is 30.1. The smallest absolute Gasteiger partial charge is 0.160 e. The van der Waals surface area contributed by atoms with Gasteiger partial charge in [0.15, 0.2) is 5.82 Å². The molecular formula is C49H47N3. The Morgan fingerprint density at radius 3 is 1.50 bits per heavy atom. The Kier molecular flexibility index (Phi) is 7.00. The minimum absolute atomic E-state index is 0.222. The molecule has 0 radical (unpaired) electrons. The van der Waals surface area contributed by atoms with Crippen LogP contribution >= 0.6 is 0 Å². The van der Waals surface area contributed by atoms with Crippen molar-refractivity contribution in [3.8, 4) is 51.1 Å². The number of benzene rings is 4. The molecule has 0 amide bonds. The average Bonchev–Trinajstić information content (AvgIpc) is 3.17. The van der Waals surface area contributed by atoms with E-state index < -0.39 is 0 Å². The molecule has 1 aromatic heterocycles. The van der Waals surface area contributed by atoms with Gasteiger partial charge in [-0.3, -0.25) is 0 Å². The van der Waals surface area contributed by atoms with Gasteiger partial charge in [-0.25, -0.2) is 9.97 Å². The Balaban J connectivity index is 1.04. The van der Waals surface area contributed by atoms with Crippen LogP contribution in [0, 0.1) is 46.8 Å². The highest BCUT2D eigenvalue weighted by Gasteiger charge is 2.53. The van der Waals surface area contributed by atoms with Crippen molar-refractivity contribution in [1.82, 2.24) is 9.97 Å². The van der Waals surface area contributed by atoms with E-state index in [1.54, 1.807) is 5.56 Å². The molecule has 52 heavy (non-hydrogen) atoms. The first-order chi connectivity index (χ1) is 25.5. The lowest BCUT2D eigenvalue weighted by molar-refractivity contribution is -0.00529. The Morgan fingerprint density at radius 1 is 0.442 bits per heavy atom. The lowest BCUT2D eigenvalue weighted by Gasteiger charge is -2.57. The summed E-state index contributed by atoms with van der Waals surface area (Å²) in [5.74, 6) is 6.15. The van der Waals surface area contributed by atoms with Crippen LogP contribution in [-0.2, 0) is 10.8 Å². The van der Waals surface area contributed by atoms with Crippen LogP contribution in [0.25, 0.3) is 45.0 Å². The summed E-state index contributed by atoms with van der Waals surface area (Å²) in [6, 6.07) is 40.1. The zero-order valence-electron chi connectivity index (χ0n) is 30.1. The monoisotopic (exact) mass is 677 g/mol. The maximum atomic E-state index is 9.80. The van der Waals surface area contributed by atoms with E-state index in [4.69, 9.17) is 9.97 Å². The van der Waals surface area contributed by atoms with Gasteiger partial charge in [-0.05, 0) is 176 Å². The molecule has 8 fully saturated rings. The van der Waals surface area contributed by atoms with Crippen molar-refractivity contribution >= 4 is 0 Å². The quantitative estimate of drug-likeness (QED) is 0.180. The van der Waals surface area contributed by atoms with Crippen molar-refractivity contribution in [2.24, 2.45) is 35.5 Å². The van der Waals surface area contributed by atoms with E-state index in [1.165, 1.54) is 82.6 Å². The summed E-state index contributed by atoms with van der Waals surface area (Å²) in [4.78, 5) is 10.8. The molecule has 0 unspecified atom stereocenters. The summed E-state index contributed by atoms with van der Waals surface area (Å²) in [5.41, 5.74) is 11.9. The molecule has 8 aliphatic rings. The molecule has 4 aromatic carbocycles. The highest BCUT2D eigenvalue weighted by Crippen LogP contribution is 2.62. The van der Waals surface area contributed by atoms with Crippen LogP contribution in [-0.4, -0.2) is 9.97 Å². The fraction of sp³-hybridized carbons (Fsp3) is 0.408. The second kappa shape index (κ2) is 11.7. The summed E-state index contributed by atoms with van der Waals surface area (Å²) in [5, 5.41) is 9.80. The van der Waals surface area contributed by atoms with Crippen molar-refractivity contribution in [2.45, 2.75) is 87.9 Å². The SMILES string of the molecule is N#Cc1cccc(-c2cc(-c3nc(-c4ccccc4)cc(-c4ccc(C56C[C@H]7C[C@@H](C5)C[C@@H](C6)C7)cc4)n3)cc(C34CC5C[C@H](C3)C[C@@H](C5)C4)c2)c1. The molecule has 0 atom stereocenters. The van der Waals surface area contributed by atoms with Gasteiger partial charge in [-0.2, -0.15) is 5.26 Å². The van der Waals surface area contributed by atoms with E-state index in [1.807, 2.05) is 18.2 Å². The molecule has 0 aliphatic heterocycles. The number of hydrogen-bond donors (Lipinski definition) is 0. The first-order valence-electron chi connectivity index (χ1n) is 20.2. The molecule has 0 spiro atoms. The van der Waals surface area contributed by atoms with E-state index in [2.05, 4.69) is 91.0 Å². The summed E-state index contributed by atoms with van der Waals surface area (Å²) >= 11 is 0. The predicted molar refractivity (Wildman–Crippen MR) is 208 cm³/mol. The van der Waals surface area contributed by atoms with Crippen molar-refractivity contribution in [2.75, 3.05) is 0 Å². The number of nitriles is 1. The first-order valence-corrected chi connectivity index (χ1v) is 20.2. The minimum atomic E-state index is 0.222. The molecule has 8 saturated carbocycles. The van der Waals surface area contributed by atoms with Gasteiger partial charge < -0.3 is 0 Å². The Morgan fingerprint density at radius 2 is 0.942 bits per heavy atom. The van der Waals surface area contributed by atoms with Crippen LogP contribution in [0.2, 0.25) is 0 Å². The molecule has 8 aliphatic carbocycles. The largest absolute Gasteiger partial charge is 0.228 e. The average molecular weight is 678 g/mol. The summed E-state index contributed by atoms with van der Waals surface area (Å²) < 4.78 is 0. The molecule has 1 heterocycles. The third kappa shape index (κ3) is 5.20. The third-order valence-electron chi connectivity index (χ3n) is 14.8. The molecule has 0 N–H and O–H groups in total. The first kappa shape index (κ1) is 31.0. The lowest BCUT2D eigenvalue weighted by atomic mass is 9.48. The van der Waals surface area contributed by atoms with Gasteiger partial charge in [-0.1, -0.05) is 72.8 Å². The topological polar surface area (TPSA) is 49.6 Å². The van der Waals surface area contributed by atoms with Crippen LogP contribution < -0.4 is 0 Å². The van der Waals surface area contributed by atoms with E-state index in [9.17, 15) is 5.26 Å². The van der Waals surface area contributed by atoms with Crippen molar-refractivity contribution in [3.63, 3.8) is 0 Å². The maximum absolute atomic E-state index is 9.80. The predicted octanol–water partition coefficient (Wildman–Crippen LogP) is 12.0. The van der Waals surface area contributed by atoms with E-state index in [-0.39, 0.29) is 5.41 Å². The van der Waals surface area contributed by atoms with Crippen LogP contribution in [0.5, 0.6) is 0 Å². The lowest BCUT2D eigenvalue weighted by Crippen LogP contribution is -2.48. The minimum Gasteiger partial charge on any atom is -0.228 e. The van der Waals surface area contributed by atoms with Gasteiger partial charge in [0.2, 0.25) is 0 Å². The Bertz CT molecular complexity index is 2150. The van der Waals surface area contributed by atoms with Gasteiger partial charge in [0, 0.05) is 16.7 Å². The van der Waals surface area contributed by atoms with E-state index in [0.29, 0.717) is 11.0 Å². The molecule has 8 bridgehead atoms. The molecule has 5 aromatic rings. The van der Waals surface area contributed by atoms with Gasteiger partial charge >= 0.3 is 0 Å². The highest BCUT2D eigenvalue weighted by molar-refractivity contribution is 5.76. The molecular weight excluding hydrogens is 631 g/mol. The molecule has 3 nitrogen and oxygen atoms in total.